The first-order valence-corrected chi connectivity index (χ1v) is 10.9. The van der Waals surface area contributed by atoms with Crippen LogP contribution < -0.4 is 0 Å². The Labute approximate surface area is 174 Å². The number of piperidine rings is 1. The summed E-state index contributed by atoms with van der Waals surface area (Å²) in [4.78, 5) is 18.5. The zero-order chi connectivity index (χ0) is 20.8. The van der Waals surface area contributed by atoms with Crippen molar-refractivity contribution in [2.24, 2.45) is 17.3 Å². The number of carbonyl (C=O) groups is 1. The van der Waals surface area contributed by atoms with Gasteiger partial charge in [0.25, 0.3) is 0 Å². The third kappa shape index (κ3) is 3.94. The zero-order valence-electron chi connectivity index (χ0n) is 17.3. The van der Waals surface area contributed by atoms with E-state index in [0.29, 0.717) is 18.2 Å². The lowest BCUT2D eigenvalue weighted by Gasteiger charge is -2.44. The number of hydrogen-bond donors (Lipinski definition) is 1. The highest BCUT2D eigenvalue weighted by atomic mass is 32.1. The number of aliphatic carboxylic acids is 1. The normalized spacial score (nSPS) is 22.1. The molecule has 3 aromatic heterocycles. The van der Waals surface area contributed by atoms with Crippen molar-refractivity contribution >= 4 is 27.4 Å². The van der Waals surface area contributed by atoms with Gasteiger partial charge in [-0.2, -0.15) is 0 Å². The maximum absolute atomic E-state index is 11.8. The minimum absolute atomic E-state index is 0.0259. The van der Waals surface area contributed by atoms with Crippen LogP contribution in [0.4, 0.5) is 0 Å². The average molecular weight is 414 g/mol. The average Bonchev–Trinajstić information content (AvgIpc) is 3.35. The first kappa shape index (κ1) is 20.0. The summed E-state index contributed by atoms with van der Waals surface area (Å²) < 4.78 is 6.74. The molecule has 2 unspecified atom stereocenters. The van der Waals surface area contributed by atoms with Gasteiger partial charge in [-0.1, -0.05) is 25.9 Å². The Kier molecular flexibility index (Phi) is 5.21. The molecular formula is C22H27N3O3S. The van der Waals surface area contributed by atoms with Gasteiger partial charge >= 0.3 is 5.97 Å². The summed E-state index contributed by atoms with van der Waals surface area (Å²) in [7, 11) is 0. The minimum Gasteiger partial charge on any atom is -0.481 e. The quantitative estimate of drug-likeness (QED) is 0.642. The van der Waals surface area contributed by atoms with Crippen molar-refractivity contribution in [1.29, 1.82) is 0 Å². The van der Waals surface area contributed by atoms with Crippen molar-refractivity contribution in [2.75, 3.05) is 13.1 Å². The molecule has 0 bridgehead atoms. The Hall–Kier alpha value is -2.25. The van der Waals surface area contributed by atoms with Crippen molar-refractivity contribution in [2.45, 2.75) is 40.2 Å². The summed E-state index contributed by atoms with van der Waals surface area (Å²) in [5.41, 5.74) is 1.67. The second-order valence-corrected chi connectivity index (χ2v) is 9.99. The number of rotatable bonds is 4. The molecule has 1 fully saturated rings. The first-order chi connectivity index (χ1) is 13.7. The fourth-order valence-electron chi connectivity index (χ4n) is 4.11. The summed E-state index contributed by atoms with van der Waals surface area (Å²) in [5, 5.41) is 17.2. The number of carboxylic acids is 1. The highest BCUT2D eigenvalue weighted by Crippen LogP contribution is 2.39. The molecule has 0 spiro atoms. The number of pyridine rings is 1. The largest absolute Gasteiger partial charge is 0.481 e. The van der Waals surface area contributed by atoms with Gasteiger partial charge in [0.05, 0.1) is 16.7 Å². The van der Waals surface area contributed by atoms with Gasteiger partial charge in [0.15, 0.2) is 5.76 Å². The van der Waals surface area contributed by atoms with E-state index in [1.54, 1.807) is 17.5 Å². The van der Waals surface area contributed by atoms with Crippen LogP contribution in [0.1, 0.15) is 45.9 Å². The fraction of sp³-hybridized carbons (Fsp3) is 0.500. The van der Waals surface area contributed by atoms with Gasteiger partial charge in [0, 0.05) is 25.4 Å². The Morgan fingerprint density at radius 3 is 2.86 bits per heavy atom. The van der Waals surface area contributed by atoms with Crippen LogP contribution in [-0.2, 0) is 4.79 Å². The number of hydrogen-bond acceptors (Lipinski definition) is 6. The SMILES string of the molecule is CC(c1cc(-c2nccc3ccsc23)on1)N1CC(C(=O)O)C[C@@H](C(C)(C)C)C1. The van der Waals surface area contributed by atoms with Crippen molar-refractivity contribution in [1.82, 2.24) is 15.0 Å². The monoisotopic (exact) mass is 413 g/mol. The van der Waals surface area contributed by atoms with E-state index in [1.165, 1.54) is 0 Å². The summed E-state index contributed by atoms with van der Waals surface area (Å²) >= 11 is 1.64. The molecule has 1 aliphatic heterocycles. The van der Waals surface area contributed by atoms with Gasteiger partial charge < -0.3 is 9.63 Å². The second-order valence-electron chi connectivity index (χ2n) is 9.08. The summed E-state index contributed by atoms with van der Waals surface area (Å²) in [6.45, 7) is 10.0. The summed E-state index contributed by atoms with van der Waals surface area (Å²) in [5.74, 6) is -0.110. The highest BCUT2D eigenvalue weighted by molar-refractivity contribution is 7.17. The molecule has 4 rings (SSSR count). The molecule has 6 nitrogen and oxygen atoms in total. The summed E-state index contributed by atoms with van der Waals surface area (Å²) in [6, 6.07) is 5.98. The number of carboxylic acid groups (broad SMARTS) is 1. The molecule has 0 aliphatic carbocycles. The molecule has 3 aromatic rings. The first-order valence-electron chi connectivity index (χ1n) is 10.00. The van der Waals surface area contributed by atoms with Crippen molar-refractivity contribution in [3.05, 3.63) is 35.5 Å². The maximum atomic E-state index is 11.8. The Balaban J connectivity index is 1.60. The van der Waals surface area contributed by atoms with Crippen LogP contribution in [0.25, 0.3) is 21.5 Å². The molecule has 4 heterocycles. The van der Waals surface area contributed by atoms with Crippen LogP contribution in [0, 0.1) is 17.3 Å². The molecule has 1 aliphatic rings. The lowest BCUT2D eigenvalue weighted by Crippen LogP contribution is -2.47. The van der Waals surface area contributed by atoms with Gasteiger partial charge in [0.2, 0.25) is 0 Å². The van der Waals surface area contributed by atoms with Crippen molar-refractivity contribution in [3.8, 4) is 11.5 Å². The number of aromatic nitrogens is 2. The molecule has 29 heavy (non-hydrogen) atoms. The lowest BCUT2D eigenvalue weighted by molar-refractivity contribution is -0.145. The van der Waals surface area contributed by atoms with Crippen molar-refractivity contribution in [3.63, 3.8) is 0 Å². The van der Waals surface area contributed by atoms with E-state index in [-0.39, 0.29) is 17.4 Å². The van der Waals surface area contributed by atoms with Gasteiger partial charge in [-0.25, -0.2) is 0 Å². The molecule has 7 heteroatoms. The van der Waals surface area contributed by atoms with E-state index < -0.39 is 5.97 Å². The predicted molar refractivity (Wildman–Crippen MR) is 114 cm³/mol. The van der Waals surface area contributed by atoms with E-state index in [4.69, 9.17) is 4.52 Å². The molecule has 154 valence electrons. The van der Waals surface area contributed by atoms with E-state index in [0.717, 1.165) is 34.4 Å². The van der Waals surface area contributed by atoms with E-state index in [1.807, 2.05) is 17.5 Å². The van der Waals surface area contributed by atoms with Crippen LogP contribution in [0.3, 0.4) is 0 Å². The number of likely N-dealkylation sites (tertiary alicyclic amines) is 1. The smallest absolute Gasteiger partial charge is 0.307 e. The van der Waals surface area contributed by atoms with Crippen LogP contribution in [0.15, 0.2) is 34.3 Å². The molecule has 3 atom stereocenters. The third-order valence-electron chi connectivity index (χ3n) is 6.16. The Morgan fingerprint density at radius 2 is 2.14 bits per heavy atom. The molecule has 0 saturated carbocycles. The minimum atomic E-state index is -0.717. The molecule has 0 amide bonds. The van der Waals surface area contributed by atoms with Crippen molar-refractivity contribution < 1.29 is 14.4 Å². The lowest BCUT2D eigenvalue weighted by atomic mass is 9.73. The third-order valence-corrected chi connectivity index (χ3v) is 7.10. The maximum Gasteiger partial charge on any atom is 0.307 e. The number of thiophene rings is 1. The zero-order valence-corrected chi connectivity index (χ0v) is 18.1. The standard InChI is InChI=1S/C22H27N3O3S/c1-13(25-11-15(21(26)27)9-16(12-25)22(2,3)4)17-10-18(28-24-17)19-20-14(5-7-23-19)6-8-29-20/h5-8,10,13,15-16H,9,11-12H2,1-4H3,(H,26,27)/t13?,15?,16-/m1/s1. The Bertz CT molecular complexity index is 1020. The highest BCUT2D eigenvalue weighted by Gasteiger charge is 2.39. The van der Waals surface area contributed by atoms with E-state index in [2.05, 4.69) is 48.8 Å². The second kappa shape index (κ2) is 7.54. The molecule has 1 saturated heterocycles. The van der Waals surface area contributed by atoms with Crippen LogP contribution >= 0.6 is 11.3 Å². The molecular weight excluding hydrogens is 386 g/mol. The fourth-order valence-corrected chi connectivity index (χ4v) is 5.00. The van der Waals surface area contributed by atoms with Crippen LogP contribution in [0.2, 0.25) is 0 Å². The van der Waals surface area contributed by atoms with Gasteiger partial charge in [-0.05, 0) is 47.6 Å². The van der Waals surface area contributed by atoms with Crippen LogP contribution in [0.5, 0.6) is 0 Å². The van der Waals surface area contributed by atoms with E-state index in [9.17, 15) is 9.90 Å². The van der Waals surface area contributed by atoms with Gasteiger partial charge in [-0.3, -0.25) is 14.7 Å². The van der Waals surface area contributed by atoms with Gasteiger partial charge in [-0.15, -0.1) is 11.3 Å². The van der Waals surface area contributed by atoms with Gasteiger partial charge in [0.1, 0.15) is 11.4 Å². The Morgan fingerprint density at radius 1 is 1.34 bits per heavy atom. The molecule has 1 N–H and O–H groups in total. The topological polar surface area (TPSA) is 79.5 Å². The summed E-state index contributed by atoms with van der Waals surface area (Å²) in [6.07, 6.45) is 2.50. The predicted octanol–water partition coefficient (Wildman–Crippen LogP) is 5.08. The molecule has 0 aromatic carbocycles. The number of nitrogens with zero attached hydrogens (tertiary/aromatic N) is 3. The van der Waals surface area contributed by atoms with Crippen LogP contribution in [-0.4, -0.2) is 39.2 Å². The molecule has 0 radical (unpaired) electrons. The number of fused-ring (bicyclic) bond motifs is 1. The van der Waals surface area contributed by atoms with E-state index >= 15 is 0 Å².